The molecule has 0 aromatic heterocycles. The lowest BCUT2D eigenvalue weighted by Gasteiger charge is -2.23. The Labute approximate surface area is 115 Å². The molecule has 2 unspecified atom stereocenters. The lowest BCUT2D eigenvalue weighted by molar-refractivity contribution is -0.145. The average Bonchev–Trinajstić information content (AvgIpc) is 2.91. The van der Waals surface area contributed by atoms with Gasteiger partial charge in [-0.25, -0.2) is 0 Å². The van der Waals surface area contributed by atoms with E-state index < -0.39 is 0 Å². The summed E-state index contributed by atoms with van der Waals surface area (Å²) >= 11 is 0. The van der Waals surface area contributed by atoms with E-state index in [9.17, 15) is 9.59 Å². The minimum Gasteiger partial charge on any atom is -0.469 e. The predicted molar refractivity (Wildman–Crippen MR) is 73.7 cm³/mol. The largest absolute Gasteiger partial charge is 0.469 e. The normalized spacial score (nSPS) is 21.1. The van der Waals surface area contributed by atoms with Crippen LogP contribution in [0.25, 0.3) is 0 Å². The zero-order valence-corrected chi connectivity index (χ0v) is 12.3. The predicted octanol–water partition coefficient (Wildman–Crippen LogP) is 1.18. The number of carbonyl (C=O) groups excluding carboxylic acids is 2. The molecule has 1 aliphatic heterocycles. The SMILES string of the molecule is CCCCCNC(=O)C(C)N1CCC(C(=O)OC)C1. The molecule has 0 bridgehead atoms. The lowest BCUT2D eigenvalue weighted by atomic mass is 10.1. The van der Waals surface area contributed by atoms with Gasteiger partial charge in [-0.15, -0.1) is 0 Å². The van der Waals surface area contributed by atoms with Gasteiger partial charge in [0.15, 0.2) is 0 Å². The molecule has 0 saturated carbocycles. The third-order valence-corrected chi connectivity index (χ3v) is 3.76. The van der Waals surface area contributed by atoms with E-state index in [1.54, 1.807) is 0 Å². The Hall–Kier alpha value is -1.10. The van der Waals surface area contributed by atoms with E-state index >= 15 is 0 Å². The molecule has 0 aromatic rings. The van der Waals surface area contributed by atoms with Crippen molar-refractivity contribution >= 4 is 11.9 Å². The Bertz CT molecular complexity index is 307. The number of likely N-dealkylation sites (tertiary alicyclic amines) is 1. The van der Waals surface area contributed by atoms with Crippen LogP contribution in [0.15, 0.2) is 0 Å². The van der Waals surface area contributed by atoms with Crippen molar-refractivity contribution < 1.29 is 14.3 Å². The van der Waals surface area contributed by atoms with Gasteiger partial charge in [0.1, 0.15) is 0 Å². The first kappa shape index (κ1) is 16.0. The summed E-state index contributed by atoms with van der Waals surface area (Å²) in [5, 5.41) is 2.96. The molecule has 0 spiro atoms. The van der Waals surface area contributed by atoms with Gasteiger partial charge in [-0.05, 0) is 26.3 Å². The molecule has 0 aromatic carbocycles. The second-order valence-electron chi connectivity index (χ2n) is 5.18. The van der Waals surface area contributed by atoms with Gasteiger partial charge >= 0.3 is 5.97 Å². The topological polar surface area (TPSA) is 58.6 Å². The highest BCUT2D eigenvalue weighted by Gasteiger charge is 2.33. The number of methoxy groups -OCH3 is 1. The highest BCUT2D eigenvalue weighted by molar-refractivity contribution is 5.81. The van der Waals surface area contributed by atoms with Gasteiger partial charge < -0.3 is 10.1 Å². The van der Waals surface area contributed by atoms with E-state index in [1.165, 1.54) is 7.11 Å². The van der Waals surface area contributed by atoms with Gasteiger partial charge in [-0.3, -0.25) is 14.5 Å². The quantitative estimate of drug-likeness (QED) is 0.557. The van der Waals surface area contributed by atoms with E-state index in [2.05, 4.69) is 17.1 Å². The van der Waals surface area contributed by atoms with Crippen LogP contribution in [0.1, 0.15) is 39.5 Å². The summed E-state index contributed by atoms with van der Waals surface area (Å²) in [7, 11) is 1.41. The lowest BCUT2D eigenvalue weighted by Crippen LogP contribution is -2.44. The molecule has 1 amide bonds. The summed E-state index contributed by atoms with van der Waals surface area (Å²) in [4.78, 5) is 25.5. The first-order valence-corrected chi connectivity index (χ1v) is 7.19. The Morgan fingerprint density at radius 1 is 1.42 bits per heavy atom. The highest BCUT2D eigenvalue weighted by Crippen LogP contribution is 2.19. The van der Waals surface area contributed by atoms with E-state index in [0.29, 0.717) is 6.54 Å². The molecule has 1 saturated heterocycles. The van der Waals surface area contributed by atoms with Crippen molar-refractivity contribution in [2.75, 3.05) is 26.7 Å². The molecule has 5 nitrogen and oxygen atoms in total. The van der Waals surface area contributed by atoms with Gasteiger partial charge in [0.05, 0.1) is 19.1 Å². The molecule has 1 aliphatic rings. The van der Waals surface area contributed by atoms with Crippen LogP contribution in [0.2, 0.25) is 0 Å². The first-order valence-electron chi connectivity index (χ1n) is 7.19. The van der Waals surface area contributed by atoms with Crippen LogP contribution in [-0.4, -0.2) is 49.6 Å². The first-order chi connectivity index (χ1) is 9.10. The molecule has 0 aliphatic carbocycles. The fourth-order valence-corrected chi connectivity index (χ4v) is 2.40. The van der Waals surface area contributed by atoms with Crippen molar-refractivity contribution in [3.8, 4) is 0 Å². The van der Waals surface area contributed by atoms with Gasteiger partial charge in [0.25, 0.3) is 0 Å². The number of nitrogens with zero attached hydrogens (tertiary/aromatic N) is 1. The molecular formula is C14H26N2O3. The third kappa shape index (κ3) is 4.82. The summed E-state index contributed by atoms with van der Waals surface area (Å²) in [6.07, 6.45) is 4.10. The zero-order valence-electron chi connectivity index (χ0n) is 12.3. The molecule has 1 rings (SSSR count). The van der Waals surface area contributed by atoms with Crippen LogP contribution in [0, 0.1) is 5.92 Å². The van der Waals surface area contributed by atoms with Crippen LogP contribution in [-0.2, 0) is 14.3 Å². The van der Waals surface area contributed by atoms with Crippen LogP contribution in [0.4, 0.5) is 0 Å². The Morgan fingerprint density at radius 2 is 2.16 bits per heavy atom. The number of hydrogen-bond donors (Lipinski definition) is 1. The Balaban J connectivity index is 2.31. The van der Waals surface area contributed by atoms with Crippen molar-refractivity contribution in [2.45, 2.75) is 45.6 Å². The smallest absolute Gasteiger partial charge is 0.310 e. The minimum absolute atomic E-state index is 0.0571. The summed E-state index contributed by atoms with van der Waals surface area (Å²) in [5.74, 6) is -0.194. The van der Waals surface area contributed by atoms with Crippen molar-refractivity contribution in [3.05, 3.63) is 0 Å². The maximum absolute atomic E-state index is 12.0. The fourth-order valence-electron chi connectivity index (χ4n) is 2.40. The third-order valence-electron chi connectivity index (χ3n) is 3.76. The van der Waals surface area contributed by atoms with Crippen molar-refractivity contribution in [1.82, 2.24) is 10.2 Å². The van der Waals surface area contributed by atoms with Gasteiger partial charge in [0.2, 0.25) is 5.91 Å². The van der Waals surface area contributed by atoms with Crippen molar-refractivity contribution in [2.24, 2.45) is 5.92 Å². The Morgan fingerprint density at radius 3 is 2.79 bits per heavy atom. The fraction of sp³-hybridized carbons (Fsp3) is 0.857. The number of nitrogens with one attached hydrogen (secondary N) is 1. The molecule has 19 heavy (non-hydrogen) atoms. The maximum atomic E-state index is 12.0. The number of hydrogen-bond acceptors (Lipinski definition) is 4. The zero-order chi connectivity index (χ0) is 14.3. The second kappa shape index (κ2) is 8.15. The van der Waals surface area contributed by atoms with Gasteiger partial charge in [0, 0.05) is 13.1 Å². The van der Waals surface area contributed by atoms with E-state index in [4.69, 9.17) is 4.74 Å². The van der Waals surface area contributed by atoms with E-state index in [0.717, 1.165) is 38.8 Å². The van der Waals surface area contributed by atoms with E-state index in [1.807, 2.05) is 6.92 Å². The maximum Gasteiger partial charge on any atom is 0.310 e. The molecule has 5 heteroatoms. The number of carbonyl (C=O) groups is 2. The van der Waals surface area contributed by atoms with Crippen molar-refractivity contribution in [3.63, 3.8) is 0 Å². The summed E-state index contributed by atoms with van der Waals surface area (Å²) < 4.78 is 4.75. The summed E-state index contributed by atoms with van der Waals surface area (Å²) in [6, 6.07) is -0.170. The van der Waals surface area contributed by atoms with E-state index in [-0.39, 0.29) is 23.8 Å². The number of esters is 1. The molecular weight excluding hydrogens is 244 g/mol. The standard InChI is InChI=1S/C14H26N2O3/c1-4-5-6-8-15-13(17)11(2)16-9-7-12(10-16)14(18)19-3/h11-12H,4-10H2,1-3H3,(H,15,17). The van der Waals surface area contributed by atoms with Crippen LogP contribution >= 0.6 is 0 Å². The monoisotopic (exact) mass is 270 g/mol. The van der Waals surface area contributed by atoms with Gasteiger partial charge in [-0.1, -0.05) is 19.8 Å². The minimum atomic E-state index is -0.170. The average molecular weight is 270 g/mol. The number of unbranched alkanes of at least 4 members (excludes halogenated alkanes) is 2. The summed E-state index contributed by atoms with van der Waals surface area (Å²) in [6.45, 7) is 6.18. The van der Waals surface area contributed by atoms with Crippen LogP contribution < -0.4 is 5.32 Å². The van der Waals surface area contributed by atoms with Gasteiger partial charge in [-0.2, -0.15) is 0 Å². The molecule has 1 N–H and O–H groups in total. The highest BCUT2D eigenvalue weighted by atomic mass is 16.5. The Kier molecular flexibility index (Phi) is 6.84. The molecule has 110 valence electrons. The van der Waals surface area contributed by atoms with Crippen LogP contribution in [0.5, 0.6) is 0 Å². The molecule has 0 radical (unpaired) electrons. The number of amides is 1. The van der Waals surface area contributed by atoms with Crippen LogP contribution in [0.3, 0.4) is 0 Å². The molecule has 1 heterocycles. The van der Waals surface area contributed by atoms with Crippen molar-refractivity contribution in [1.29, 1.82) is 0 Å². The molecule has 1 fully saturated rings. The summed E-state index contributed by atoms with van der Waals surface area (Å²) in [5.41, 5.74) is 0. The number of ether oxygens (including phenoxy) is 1. The molecule has 2 atom stereocenters. The second-order valence-corrected chi connectivity index (χ2v) is 5.18. The number of rotatable bonds is 7.